The third kappa shape index (κ3) is 3.81. The van der Waals surface area contributed by atoms with Gasteiger partial charge in [-0.15, -0.1) is 0 Å². The van der Waals surface area contributed by atoms with Gasteiger partial charge in [-0.1, -0.05) is 0 Å². The predicted molar refractivity (Wildman–Crippen MR) is 90.0 cm³/mol. The maximum Gasteiger partial charge on any atom is 0.412 e. The fraction of sp³-hybridized carbons (Fsp3) is 0.0526. The quantitative estimate of drug-likeness (QED) is 0.227. The van der Waals surface area contributed by atoms with Crippen LogP contribution in [0.1, 0.15) is 0 Å². The average molecular weight is 504 g/mol. The van der Waals surface area contributed by atoms with Crippen LogP contribution in [0.4, 0.5) is 52.7 Å². The van der Waals surface area contributed by atoms with Crippen LogP contribution in [0.3, 0.4) is 0 Å². The van der Waals surface area contributed by atoms with Gasteiger partial charge in [0, 0.05) is 12.1 Å². The fourth-order valence-corrected chi connectivity index (χ4v) is 6.29. The highest BCUT2D eigenvalue weighted by atomic mass is 27.2. The Morgan fingerprint density at radius 2 is 0.848 bits per heavy atom. The number of rotatable bonds is 4. The van der Waals surface area contributed by atoms with Crippen LogP contribution in [0.5, 0.6) is 5.75 Å². The molecule has 3 aromatic rings. The molecule has 0 aliphatic rings. The number of hydrogen-bond acceptors (Lipinski definition) is 1. The molecule has 1 nitrogen and oxygen atoms in total. The highest BCUT2D eigenvalue weighted by Crippen LogP contribution is 2.26. The molecule has 0 amide bonds. The Morgan fingerprint density at radius 3 is 1.24 bits per heavy atom. The van der Waals surface area contributed by atoms with Crippen LogP contribution in [-0.2, 0) is 0 Å². The third-order valence-corrected chi connectivity index (χ3v) is 7.92. The van der Waals surface area contributed by atoms with E-state index in [4.69, 9.17) is 0 Å². The van der Waals surface area contributed by atoms with E-state index in [-0.39, 0.29) is 12.1 Å². The topological polar surface area (TPSA) is 9.23 Å². The van der Waals surface area contributed by atoms with Crippen molar-refractivity contribution in [2.45, 2.75) is 0 Å². The van der Waals surface area contributed by atoms with E-state index in [1.54, 1.807) is 0 Å². The van der Waals surface area contributed by atoms with Crippen LogP contribution in [0.15, 0.2) is 12.1 Å². The SMILES string of the molecule is COc1c(F)c(F)c(F)[c]([Al]([c]2c(F)cc(F)c(F)c2F)[c]2c(F)cc(F)c(F)c2F)c1F. The molecule has 0 unspecified atom stereocenters. The summed E-state index contributed by atoms with van der Waals surface area (Å²) in [4.78, 5) is 0. The van der Waals surface area contributed by atoms with Gasteiger partial charge in [-0.05, 0) is 13.3 Å². The maximum atomic E-state index is 14.9. The zero-order chi connectivity index (χ0) is 24.9. The molecule has 0 saturated heterocycles. The summed E-state index contributed by atoms with van der Waals surface area (Å²) in [7, 11) is 0.538. The van der Waals surface area contributed by atoms with E-state index in [0.29, 0.717) is 7.11 Å². The van der Waals surface area contributed by atoms with Crippen molar-refractivity contribution in [3.8, 4) is 5.75 Å². The van der Waals surface area contributed by atoms with Gasteiger partial charge in [0.05, 0.1) is 7.11 Å². The summed E-state index contributed by atoms with van der Waals surface area (Å²) in [5.74, 6) is -30.1. The lowest BCUT2D eigenvalue weighted by Crippen LogP contribution is -2.60. The van der Waals surface area contributed by atoms with E-state index < -0.39 is 103 Å². The Bertz CT molecular complexity index is 1230. The van der Waals surface area contributed by atoms with Crippen LogP contribution in [0.25, 0.3) is 0 Å². The van der Waals surface area contributed by atoms with E-state index in [1.165, 1.54) is 0 Å². The minimum atomic E-state index is -5.28. The number of ether oxygens (including phenoxy) is 1. The van der Waals surface area contributed by atoms with Gasteiger partial charge in [0.2, 0.25) is 5.82 Å². The average Bonchev–Trinajstić information content (AvgIpc) is 2.74. The molecule has 0 bridgehead atoms. The number of benzene rings is 3. The Balaban J connectivity index is 2.61. The summed E-state index contributed by atoms with van der Waals surface area (Å²) >= 11 is -5.28. The van der Waals surface area contributed by atoms with Crippen molar-refractivity contribution in [3.63, 3.8) is 0 Å². The smallest absolute Gasteiger partial charge is 0.412 e. The second-order valence-electron chi connectivity index (χ2n) is 6.40. The molecule has 0 aliphatic heterocycles. The van der Waals surface area contributed by atoms with Crippen molar-refractivity contribution in [1.29, 1.82) is 0 Å². The first-order chi connectivity index (χ1) is 15.3. The monoisotopic (exact) mass is 504 g/mol. The van der Waals surface area contributed by atoms with Crippen molar-refractivity contribution < 1.29 is 57.4 Å². The largest absolute Gasteiger partial charge is 0.491 e. The molecule has 0 heterocycles. The van der Waals surface area contributed by atoms with E-state index >= 15 is 0 Å². The molecule has 0 radical (unpaired) electrons. The van der Waals surface area contributed by atoms with Gasteiger partial charge >= 0.3 is 14.1 Å². The van der Waals surface area contributed by atoms with Crippen molar-refractivity contribution in [1.82, 2.24) is 0 Å². The van der Waals surface area contributed by atoms with Gasteiger partial charge in [-0.25, -0.2) is 48.3 Å². The second kappa shape index (κ2) is 8.83. The van der Waals surface area contributed by atoms with Gasteiger partial charge in [-0.2, -0.15) is 4.39 Å². The molecule has 14 heteroatoms. The first-order valence-electron chi connectivity index (χ1n) is 8.40. The molecule has 0 aliphatic carbocycles. The van der Waals surface area contributed by atoms with Gasteiger partial charge in [-0.3, -0.25) is 0 Å². The lowest BCUT2D eigenvalue weighted by molar-refractivity contribution is 0.338. The van der Waals surface area contributed by atoms with E-state index in [0.717, 1.165) is 0 Å². The molecule has 0 spiro atoms. The summed E-state index contributed by atoms with van der Waals surface area (Å²) in [5.41, 5.74) is 0. The first kappa shape index (κ1) is 24.8. The minimum Gasteiger partial charge on any atom is -0.491 e. The van der Waals surface area contributed by atoms with Gasteiger partial charge < -0.3 is 4.74 Å². The van der Waals surface area contributed by atoms with Crippen LogP contribution in [0.2, 0.25) is 0 Å². The zero-order valence-electron chi connectivity index (χ0n) is 15.7. The maximum absolute atomic E-state index is 14.9. The predicted octanol–water partition coefficient (Wildman–Crippen LogP) is 3.88. The Kier molecular flexibility index (Phi) is 6.63. The Hall–Kier alpha value is -2.85. The van der Waals surface area contributed by atoms with Crippen LogP contribution >= 0.6 is 0 Å². The molecular formula is C19H5AlF12O. The Morgan fingerprint density at radius 1 is 0.455 bits per heavy atom. The van der Waals surface area contributed by atoms with Gasteiger partial charge in [0.1, 0.15) is 11.6 Å². The lowest BCUT2D eigenvalue weighted by atomic mass is 10.3. The lowest BCUT2D eigenvalue weighted by Gasteiger charge is -2.20. The summed E-state index contributed by atoms with van der Waals surface area (Å²) in [6.07, 6.45) is 0. The third-order valence-electron chi connectivity index (χ3n) is 4.63. The molecule has 0 N–H and O–H groups in total. The van der Waals surface area contributed by atoms with Crippen molar-refractivity contribution in [2.24, 2.45) is 0 Å². The number of halogens is 12. The van der Waals surface area contributed by atoms with E-state index in [9.17, 15) is 52.7 Å². The standard InChI is InChI=1S/C7H3F4O.2C6HF4.Al/c1-12-7-4(9)2-3(8)5(10)6(7)11;2*7-3-1-4(8)6(10)5(9)2-3;/h1H3;2*1H;. The highest BCUT2D eigenvalue weighted by molar-refractivity contribution is 6.95. The number of hydrogen-bond donors (Lipinski definition) is 0. The molecule has 0 atom stereocenters. The van der Waals surface area contributed by atoms with E-state index in [2.05, 4.69) is 4.74 Å². The van der Waals surface area contributed by atoms with Gasteiger partial charge in [0.15, 0.2) is 58.1 Å². The van der Waals surface area contributed by atoms with Gasteiger partial charge in [0.25, 0.3) is 0 Å². The molecule has 0 fully saturated rings. The summed E-state index contributed by atoms with van der Waals surface area (Å²) in [5, 5.41) is 0. The molecular weight excluding hydrogens is 499 g/mol. The second-order valence-corrected chi connectivity index (χ2v) is 9.00. The van der Waals surface area contributed by atoms with Crippen molar-refractivity contribution >= 4 is 27.4 Å². The molecule has 0 aromatic heterocycles. The molecule has 174 valence electrons. The van der Waals surface area contributed by atoms with Crippen molar-refractivity contribution in [2.75, 3.05) is 7.11 Å². The highest BCUT2D eigenvalue weighted by Gasteiger charge is 2.45. The van der Waals surface area contributed by atoms with Crippen molar-refractivity contribution in [3.05, 3.63) is 81.9 Å². The minimum absolute atomic E-state index is 0.365. The molecule has 3 aromatic carbocycles. The summed E-state index contributed by atoms with van der Waals surface area (Å²) in [6.45, 7) is 0. The molecule has 0 saturated carbocycles. The van der Waals surface area contributed by atoms with Crippen LogP contribution in [0, 0.1) is 69.8 Å². The number of methoxy groups -OCH3 is 1. The van der Waals surface area contributed by atoms with E-state index in [1.807, 2.05) is 0 Å². The zero-order valence-corrected chi connectivity index (χ0v) is 16.8. The first-order valence-corrected chi connectivity index (χ1v) is 10.1. The normalized spacial score (nSPS) is 11.2. The fourth-order valence-electron chi connectivity index (χ4n) is 3.18. The van der Waals surface area contributed by atoms with Crippen LogP contribution in [-0.4, -0.2) is 21.3 Å². The summed E-state index contributed by atoms with van der Waals surface area (Å²) in [6, 6.07) is -0.729. The van der Waals surface area contributed by atoms with Crippen LogP contribution < -0.4 is 18.0 Å². The summed E-state index contributed by atoms with van der Waals surface area (Å²) < 4.78 is 168. The molecule has 3 rings (SSSR count). The Labute approximate surface area is 180 Å². The molecule has 33 heavy (non-hydrogen) atoms.